The molecule has 0 spiro atoms. The molecule has 84 valence electrons. The molecule has 1 rings (SSSR count). The molecule has 0 heterocycles. The number of aliphatic carboxylic acids is 1. The number of carbonyl (C=O) groups is 2. The van der Waals surface area contributed by atoms with Crippen molar-refractivity contribution in [3.05, 3.63) is 40.4 Å². The predicted molar refractivity (Wildman–Crippen MR) is 62.7 cm³/mol. The van der Waals surface area contributed by atoms with E-state index in [1.54, 1.807) is 24.3 Å². The van der Waals surface area contributed by atoms with Crippen molar-refractivity contribution in [3.63, 3.8) is 0 Å². The van der Waals surface area contributed by atoms with Crippen molar-refractivity contribution in [3.8, 4) is 0 Å². The van der Waals surface area contributed by atoms with Gasteiger partial charge in [0, 0.05) is 5.56 Å². The number of carbonyl (C=O) groups excluding carboxylic acids is 1. The lowest BCUT2D eigenvalue weighted by atomic mass is 10.1. The summed E-state index contributed by atoms with van der Waals surface area (Å²) < 4.78 is 0. The summed E-state index contributed by atoms with van der Waals surface area (Å²) in [6.45, 7) is 1.44. The van der Waals surface area contributed by atoms with E-state index in [0.717, 1.165) is 5.56 Å². The Labute approximate surface area is 98.4 Å². The van der Waals surface area contributed by atoms with Crippen LogP contribution < -0.4 is 0 Å². The fraction of sp³-hybridized carbons (Fsp3) is 0.167. The highest BCUT2D eigenvalue weighted by molar-refractivity contribution is 6.33. The van der Waals surface area contributed by atoms with E-state index in [2.05, 4.69) is 0 Å². The molecule has 0 radical (unpaired) electrons. The van der Waals surface area contributed by atoms with Crippen LogP contribution in [0.3, 0.4) is 0 Å². The first kappa shape index (κ1) is 12.5. The largest absolute Gasteiger partial charge is 0.481 e. The minimum Gasteiger partial charge on any atom is -0.481 e. The lowest BCUT2D eigenvalue weighted by Crippen LogP contribution is -1.94. The van der Waals surface area contributed by atoms with Crippen LogP contribution in [-0.2, 0) is 4.79 Å². The summed E-state index contributed by atoms with van der Waals surface area (Å²) >= 11 is 5.84. The van der Waals surface area contributed by atoms with E-state index in [4.69, 9.17) is 16.7 Å². The van der Waals surface area contributed by atoms with Crippen LogP contribution in [0.1, 0.15) is 29.3 Å². The van der Waals surface area contributed by atoms with Gasteiger partial charge in [-0.1, -0.05) is 29.8 Å². The highest BCUT2D eigenvalue weighted by Gasteiger charge is 2.05. The van der Waals surface area contributed by atoms with Gasteiger partial charge in [0.05, 0.1) is 11.4 Å². The fourth-order valence-electron chi connectivity index (χ4n) is 1.21. The molecule has 16 heavy (non-hydrogen) atoms. The molecule has 0 aromatic heterocycles. The minimum absolute atomic E-state index is 0.0436. The number of halogens is 1. The first-order valence-electron chi connectivity index (χ1n) is 4.69. The van der Waals surface area contributed by atoms with Crippen LogP contribution in [-0.4, -0.2) is 16.9 Å². The third kappa shape index (κ3) is 3.51. The van der Waals surface area contributed by atoms with Crippen LogP contribution in [0.25, 0.3) is 6.08 Å². The Hall–Kier alpha value is -1.61. The lowest BCUT2D eigenvalue weighted by Gasteiger charge is -2.01. The van der Waals surface area contributed by atoms with E-state index < -0.39 is 5.97 Å². The normalized spacial score (nSPS) is 10.6. The molecule has 0 atom stereocenters. The molecule has 0 unspecified atom stereocenters. The number of hydrogen-bond acceptors (Lipinski definition) is 2. The van der Waals surface area contributed by atoms with Gasteiger partial charge in [0.25, 0.3) is 0 Å². The summed E-state index contributed by atoms with van der Waals surface area (Å²) in [6.07, 6.45) is 3.13. The first-order chi connectivity index (χ1) is 7.50. The summed E-state index contributed by atoms with van der Waals surface area (Å²) in [5, 5.41) is 8.86. The van der Waals surface area contributed by atoms with E-state index in [9.17, 15) is 9.59 Å². The predicted octanol–water partition coefficient (Wildman–Crippen LogP) is 3.03. The zero-order valence-corrected chi connectivity index (χ0v) is 9.49. The van der Waals surface area contributed by atoms with Crippen molar-refractivity contribution >= 4 is 29.4 Å². The van der Waals surface area contributed by atoms with Gasteiger partial charge in [0.15, 0.2) is 5.78 Å². The highest BCUT2D eigenvalue weighted by atomic mass is 35.5. The lowest BCUT2D eigenvalue weighted by molar-refractivity contribution is -0.135. The Balaban J connectivity index is 2.91. The molecule has 1 aromatic carbocycles. The Bertz CT molecular complexity index is 450. The van der Waals surface area contributed by atoms with Crippen LogP contribution in [0.2, 0.25) is 5.02 Å². The average molecular weight is 239 g/mol. The molecule has 0 aliphatic carbocycles. The third-order valence-electron chi connectivity index (χ3n) is 1.97. The van der Waals surface area contributed by atoms with Gasteiger partial charge in [-0.3, -0.25) is 9.59 Å². The maximum absolute atomic E-state index is 11.2. The second-order valence-electron chi connectivity index (χ2n) is 3.30. The van der Waals surface area contributed by atoms with Gasteiger partial charge >= 0.3 is 5.97 Å². The number of Topliss-reactive ketones (excluding diaryl/α,β-unsaturated/α-hetero) is 1. The molecule has 0 saturated carbocycles. The maximum atomic E-state index is 11.2. The molecule has 1 aromatic rings. The monoisotopic (exact) mass is 238 g/mol. The van der Waals surface area contributed by atoms with Gasteiger partial charge in [0.1, 0.15) is 0 Å². The quantitative estimate of drug-likeness (QED) is 0.821. The number of benzene rings is 1. The van der Waals surface area contributed by atoms with Crippen LogP contribution in [0.15, 0.2) is 24.3 Å². The Morgan fingerprint density at radius 3 is 2.69 bits per heavy atom. The van der Waals surface area contributed by atoms with Gasteiger partial charge in [-0.25, -0.2) is 0 Å². The van der Waals surface area contributed by atoms with Crippen molar-refractivity contribution in [2.75, 3.05) is 0 Å². The first-order valence-corrected chi connectivity index (χ1v) is 5.07. The van der Waals surface area contributed by atoms with Gasteiger partial charge in [-0.15, -0.1) is 0 Å². The Morgan fingerprint density at radius 1 is 1.44 bits per heavy atom. The molecule has 0 saturated heterocycles. The maximum Gasteiger partial charge on any atom is 0.307 e. The molecule has 0 bridgehead atoms. The summed E-state index contributed by atoms with van der Waals surface area (Å²) in [4.78, 5) is 21.5. The number of carboxylic acids is 1. The second-order valence-corrected chi connectivity index (χ2v) is 3.70. The topological polar surface area (TPSA) is 54.4 Å². The van der Waals surface area contributed by atoms with E-state index in [1.807, 2.05) is 0 Å². The second kappa shape index (κ2) is 5.47. The van der Waals surface area contributed by atoms with Crippen molar-refractivity contribution in [2.24, 2.45) is 0 Å². The molecular weight excluding hydrogens is 228 g/mol. The van der Waals surface area contributed by atoms with Crippen LogP contribution in [0.4, 0.5) is 0 Å². The van der Waals surface area contributed by atoms with E-state index in [1.165, 1.54) is 13.0 Å². The van der Waals surface area contributed by atoms with E-state index >= 15 is 0 Å². The van der Waals surface area contributed by atoms with E-state index in [-0.39, 0.29) is 12.2 Å². The van der Waals surface area contributed by atoms with Gasteiger partial charge in [-0.2, -0.15) is 0 Å². The van der Waals surface area contributed by atoms with Crippen LogP contribution in [0.5, 0.6) is 0 Å². The standard InChI is InChI=1S/C12H11ClO3/c1-8(14)10-7-9(5-6-11(10)13)3-2-4-12(15)16/h2-3,5-7H,4H2,1H3,(H,15,16). The van der Waals surface area contributed by atoms with Gasteiger partial charge < -0.3 is 5.11 Å². The smallest absolute Gasteiger partial charge is 0.307 e. The molecule has 1 N–H and O–H groups in total. The molecule has 3 nitrogen and oxygen atoms in total. The molecule has 4 heteroatoms. The van der Waals surface area contributed by atoms with Crippen LogP contribution >= 0.6 is 11.6 Å². The summed E-state index contributed by atoms with van der Waals surface area (Å²) in [7, 11) is 0. The van der Waals surface area contributed by atoms with Crippen LogP contribution in [0, 0.1) is 0 Å². The van der Waals surface area contributed by atoms with Crippen molar-refractivity contribution in [1.82, 2.24) is 0 Å². The molecular formula is C12H11ClO3. The summed E-state index contributed by atoms with van der Waals surface area (Å²) in [6, 6.07) is 4.99. The van der Waals surface area contributed by atoms with Gasteiger partial charge in [-0.05, 0) is 24.6 Å². The zero-order valence-electron chi connectivity index (χ0n) is 8.74. The zero-order chi connectivity index (χ0) is 12.1. The summed E-state index contributed by atoms with van der Waals surface area (Å²) in [5.41, 5.74) is 1.20. The Morgan fingerprint density at radius 2 is 2.12 bits per heavy atom. The van der Waals surface area contributed by atoms with Gasteiger partial charge in [0.2, 0.25) is 0 Å². The molecule has 0 aliphatic rings. The number of ketones is 1. The average Bonchev–Trinajstić information content (AvgIpc) is 2.19. The highest BCUT2D eigenvalue weighted by Crippen LogP contribution is 2.19. The number of hydrogen-bond donors (Lipinski definition) is 1. The Kier molecular flexibility index (Phi) is 4.26. The number of rotatable bonds is 4. The fourth-order valence-corrected chi connectivity index (χ4v) is 1.46. The van der Waals surface area contributed by atoms with Crippen molar-refractivity contribution in [2.45, 2.75) is 13.3 Å². The SMILES string of the molecule is CC(=O)c1cc(C=CCC(=O)O)ccc1Cl. The molecule has 0 amide bonds. The molecule has 0 aliphatic heterocycles. The number of carboxylic acid groups (broad SMARTS) is 1. The van der Waals surface area contributed by atoms with E-state index in [0.29, 0.717) is 10.6 Å². The van der Waals surface area contributed by atoms with Crippen molar-refractivity contribution in [1.29, 1.82) is 0 Å². The molecule has 0 fully saturated rings. The third-order valence-corrected chi connectivity index (χ3v) is 2.30. The minimum atomic E-state index is -0.892. The summed E-state index contributed by atoms with van der Waals surface area (Å²) in [5.74, 6) is -1.00. The van der Waals surface area contributed by atoms with Crippen molar-refractivity contribution < 1.29 is 14.7 Å².